The number of nitrogens with two attached hydrogens (primary N) is 1. The Balaban J connectivity index is 2.25. The van der Waals surface area contributed by atoms with Crippen LogP contribution in [0.3, 0.4) is 0 Å². The van der Waals surface area contributed by atoms with Crippen molar-refractivity contribution in [2.75, 3.05) is 26.4 Å². The summed E-state index contributed by atoms with van der Waals surface area (Å²) in [5.74, 6) is 0.00755. The molecule has 13 heavy (non-hydrogen) atoms. The van der Waals surface area contributed by atoms with E-state index in [2.05, 4.69) is 0 Å². The molecule has 0 spiro atoms. The summed E-state index contributed by atoms with van der Waals surface area (Å²) in [4.78, 5) is 11.4. The van der Waals surface area contributed by atoms with E-state index in [-0.39, 0.29) is 12.4 Å². The summed E-state index contributed by atoms with van der Waals surface area (Å²) in [5.41, 5.74) is 5.94. The van der Waals surface area contributed by atoms with Crippen molar-refractivity contribution >= 4 is 5.78 Å². The fourth-order valence-electron chi connectivity index (χ4n) is 1.11. The Kier molecular flexibility index (Phi) is 4.49. The lowest BCUT2D eigenvalue weighted by Crippen LogP contribution is -2.17. The Morgan fingerprint density at radius 1 is 1.69 bits per heavy atom. The van der Waals surface area contributed by atoms with Gasteiger partial charge in [0.15, 0.2) is 5.78 Å². The predicted molar refractivity (Wildman–Crippen MR) is 48.1 cm³/mol. The van der Waals surface area contributed by atoms with Crippen LogP contribution in [0.5, 0.6) is 0 Å². The molecule has 0 bridgehead atoms. The molecule has 1 heterocycles. The van der Waals surface area contributed by atoms with E-state index < -0.39 is 0 Å². The molecule has 0 fully saturated rings. The largest absolute Gasteiger partial charge is 0.501 e. The lowest BCUT2D eigenvalue weighted by atomic mass is 10.1. The quantitative estimate of drug-likeness (QED) is 0.623. The van der Waals surface area contributed by atoms with Gasteiger partial charge in [-0.05, 0) is 12.8 Å². The van der Waals surface area contributed by atoms with Gasteiger partial charge >= 0.3 is 0 Å². The minimum Gasteiger partial charge on any atom is -0.501 e. The van der Waals surface area contributed by atoms with Crippen molar-refractivity contribution in [1.29, 1.82) is 0 Å². The Bertz CT molecular complexity index is 201. The maximum absolute atomic E-state index is 11.4. The van der Waals surface area contributed by atoms with Crippen molar-refractivity contribution in [3.05, 3.63) is 11.8 Å². The predicted octanol–water partition coefficient (Wildman–Crippen LogP) is 0.225. The molecule has 0 atom stereocenters. The molecule has 1 aliphatic rings. The van der Waals surface area contributed by atoms with E-state index in [9.17, 15) is 4.79 Å². The molecule has 1 aliphatic heterocycles. The van der Waals surface area contributed by atoms with E-state index in [1.165, 1.54) is 6.26 Å². The second kappa shape index (κ2) is 5.72. The van der Waals surface area contributed by atoms with Crippen LogP contribution >= 0.6 is 0 Å². The summed E-state index contributed by atoms with van der Waals surface area (Å²) in [6, 6.07) is 0. The molecular weight excluding hydrogens is 170 g/mol. The highest BCUT2D eigenvalue weighted by molar-refractivity contribution is 5.96. The number of rotatable bonds is 5. The molecule has 0 unspecified atom stereocenters. The summed E-state index contributed by atoms with van der Waals surface area (Å²) in [6.45, 7) is 1.70. The standard InChI is InChI=1S/C9H15NO3/c10-3-5-13-7-9(11)8-2-1-4-12-6-8/h6H,1-5,7,10H2. The van der Waals surface area contributed by atoms with Crippen molar-refractivity contribution in [1.82, 2.24) is 0 Å². The SMILES string of the molecule is NCCOCC(=O)C1=COCCC1. The van der Waals surface area contributed by atoms with Gasteiger partial charge in [-0.15, -0.1) is 0 Å². The van der Waals surface area contributed by atoms with Crippen LogP contribution in [0.2, 0.25) is 0 Å². The smallest absolute Gasteiger partial charge is 0.187 e. The van der Waals surface area contributed by atoms with Gasteiger partial charge in [-0.1, -0.05) is 0 Å². The zero-order chi connectivity index (χ0) is 9.52. The lowest BCUT2D eigenvalue weighted by molar-refractivity contribution is -0.120. The highest BCUT2D eigenvalue weighted by Gasteiger charge is 2.12. The molecule has 4 heteroatoms. The molecule has 0 aromatic heterocycles. The zero-order valence-corrected chi connectivity index (χ0v) is 7.62. The van der Waals surface area contributed by atoms with Crippen molar-refractivity contribution < 1.29 is 14.3 Å². The molecule has 0 aromatic rings. The van der Waals surface area contributed by atoms with Gasteiger partial charge in [0.1, 0.15) is 6.61 Å². The van der Waals surface area contributed by atoms with Crippen LogP contribution in [0.25, 0.3) is 0 Å². The Morgan fingerprint density at radius 3 is 3.15 bits per heavy atom. The summed E-state index contributed by atoms with van der Waals surface area (Å²) < 4.78 is 10.1. The molecule has 2 N–H and O–H groups in total. The first kappa shape index (κ1) is 10.2. The molecule has 0 aromatic carbocycles. The third kappa shape index (κ3) is 3.57. The average molecular weight is 185 g/mol. The second-order valence-corrected chi connectivity index (χ2v) is 2.88. The third-order valence-corrected chi connectivity index (χ3v) is 1.79. The molecule has 0 saturated heterocycles. The van der Waals surface area contributed by atoms with E-state index in [0.29, 0.717) is 19.8 Å². The van der Waals surface area contributed by atoms with Gasteiger partial charge in [0.05, 0.1) is 19.5 Å². The first-order valence-electron chi connectivity index (χ1n) is 4.46. The Morgan fingerprint density at radius 2 is 2.54 bits per heavy atom. The number of hydrogen-bond acceptors (Lipinski definition) is 4. The summed E-state index contributed by atoms with van der Waals surface area (Å²) >= 11 is 0. The highest BCUT2D eigenvalue weighted by atomic mass is 16.5. The van der Waals surface area contributed by atoms with Crippen molar-refractivity contribution in [3.8, 4) is 0 Å². The van der Waals surface area contributed by atoms with E-state index >= 15 is 0 Å². The number of hydrogen-bond donors (Lipinski definition) is 1. The fraction of sp³-hybridized carbons (Fsp3) is 0.667. The number of carbonyl (C=O) groups excluding carboxylic acids is 1. The second-order valence-electron chi connectivity index (χ2n) is 2.88. The number of carbonyl (C=O) groups is 1. The number of ketones is 1. The summed E-state index contributed by atoms with van der Waals surface area (Å²) in [5, 5.41) is 0. The zero-order valence-electron chi connectivity index (χ0n) is 7.62. The van der Waals surface area contributed by atoms with E-state index in [4.69, 9.17) is 15.2 Å². The van der Waals surface area contributed by atoms with Crippen molar-refractivity contribution in [2.24, 2.45) is 5.73 Å². The van der Waals surface area contributed by atoms with Gasteiger partial charge in [0.25, 0.3) is 0 Å². The van der Waals surface area contributed by atoms with Gasteiger partial charge in [0.2, 0.25) is 0 Å². The van der Waals surface area contributed by atoms with Crippen LogP contribution in [0, 0.1) is 0 Å². The number of ether oxygens (including phenoxy) is 2. The van der Waals surface area contributed by atoms with Crippen molar-refractivity contribution in [2.45, 2.75) is 12.8 Å². The molecular formula is C9H15NO3. The van der Waals surface area contributed by atoms with Crippen LogP contribution in [-0.2, 0) is 14.3 Å². The van der Waals surface area contributed by atoms with E-state index in [0.717, 1.165) is 18.4 Å². The Labute approximate surface area is 77.7 Å². The molecule has 74 valence electrons. The first-order chi connectivity index (χ1) is 6.34. The fourth-order valence-corrected chi connectivity index (χ4v) is 1.11. The molecule has 0 amide bonds. The molecule has 0 saturated carbocycles. The van der Waals surface area contributed by atoms with Crippen LogP contribution < -0.4 is 5.73 Å². The maximum Gasteiger partial charge on any atom is 0.187 e. The van der Waals surface area contributed by atoms with Crippen LogP contribution in [0.4, 0.5) is 0 Å². The number of Topliss-reactive ketones (excluding diaryl/α,β-unsaturated/α-hetero) is 1. The van der Waals surface area contributed by atoms with Crippen LogP contribution in [-0.4, -0.2) is 32.1 Å². The first-order valence-corrected chi connectivity index (χ1v) is 4.46. The van der Waals surface area contributed by atoms with Crippen molar-refractivity contribution in [3.63, 3.8) is 0 Å². The highest BCUT2D eigenvalue weighted by Crippen LogP contribution is 2.12. The van der Waals surface area contributed by atoms with E-state index in [1.54, 1.807) is 0 Å². The Hall–Kier alpha value is -0.870. The third-order valence-electron chi connectivity index (χ3n) is 1.79. The normalized spacial score (nSPS) is 16.2. The maximum atomic E-state index is 11.4. The lowest BCUT2D eigenvalue weighted by Gasteiger charge is -2.12. The molecule has 0 aliphatic carbocycles. The van der Waals surface area contributed by atoms with Gasteiger partial charge in [-0.25, -0.2) is 0 Å². The van der Waals surface area contributed by atoms with Gasteiger partial charge < -0.3 is 15.2 Å². The minimum absolute atomic E-state index is 0.00755. The topological polar surface area (TPSA) is 61.5 Å². The summed E-state index contributed by atoms with van der Waals surface area (Å²) in [7, 11) is 0. The molecule has 4 nitrogen and oxygen atoms in total. The minimum atomic E-state index is 0.00755. The van der Waals surface area contributed by atoms with Crippen LogP contribution in [0.1, 0.15) is 12.8 Å². The van der Waals surface area contributed by atoms with E-state index in [1.807, 2.05) is 0 Å². The van der Waals surface area contributed by atoms with Gasteiger partial charge in [0, 0.05) is 12.1 Å². The average Bonchev–Trinajstić information content (AvgIpc) is 2.19. The van der Waals surface area contributed by atoms with Crippen LogP contribution in [0.15, 0.2) is 11.8 Å². The molecule has 1 rings (SSSR count). The molecule has 0 radical (unpaired) electrons. The van der Waals surface area contributed by atoms with Gasteiger partial charge in [-0.2, -0.15) is 0 Å². The van der Waals surface area contributed by atoms with Gasteiger partial charge in [-0.3, -0.25) is 4.79 Å². The monoisotopic (exact) mass is 185 g/mol. The summed E-state index contributed by atoms with van der Waals surface area (Å²) in [6.07, 6.45) is 3.25.